The lowest BCUT2D eigenvalue weighted by molar-refractivity contribution is 0.302. The van der Waals surface area contributed by atoms with Crippen LogP contribution in [0.4, 0.5) is 0 Å². The Bertz CT molecular complexity index is 525. The first-order chi connectivity index (χ1) is 8.95. The summed E-state index contributed by atoms with van der Waals surface area (Å²) in [5.74, 6) is 0. The summed E-state index contributed by atoms with van der Waals surface area (Å²) in [6, 6.07) is 2.10. The van der Waals surface area contributed by atoms with E-state index in [1.807, 2.05) is 26.5 Å². The summed E-state index contributed by atoms with van der Waals surface area (Å²) >= 11 is 1.31. The van der Waals surface area contributed by atoms with Crippen LogP contribution in [0.1, 0.15) is 12.0 Å². The van der Waals surface area contributed by atoms with E-state index in [1.54, 1.807) is 10.4 Å². The standard InChI is InChI=1S/C12H21N3O2S2/c1-13-7-10-6-12(18-9-10)19(16,17)15-5-4-11(8-15)14(2)3/h6,9,11,13H,4-5,7-8H2,1-3H3. The summed E-state index contributed by atoms with van der Waals surface area (Å²) < 4.78 is 27.1. The van der Waals surface area contributed by atoms with Gasteiger partial charge in [0.15, 0.2) is 0 Å². The SMILES string of the molecule is CNCc1csc(S(=O)(=O)N2CCC(N(C)C)C2)c1. The van der Waals surface area contributed by atoms with Gasteiger partial charge in [-0.2, -0.15) is 4.31 Å². The van der Waals surface area contributed by atoms with Gasteiger partial charge in [0, 0.05) is 25.7 Å². The molecular formula is C12H21N3O2S2. The van der Waals surface area contributed by atoms with Crippen molar-refractivity contribution >= 4 is 21.4 Å². The highest BCUT2D eigenvalue weighted by Crippen LogP contribution is 2.27. The fourth-order valence-electron chi connectivity index (χ4n) is 2.26. The second-order valence-corrected chi connectivity index (χ2v) is 8.15. The zero-order valence-corrected chi connectivity index (χ0v) is 13.2. The first-order valence-corrected chi connectivity index (χ1v) is 8.65. The Balaban J connectivity index is 2.14. The molecule has 19 heavy (non-hydrogen) atoms. The van der Waals surface area contributed by atoms with Gasteiger partial charge in [0.25, 0.3) is 10.0 Å². The van der Waals surface area contributed by atoms with Crippen molar-refractivity contribution in [2.45, 2.75) is 23.2 Å². The molecule has 1 aromatic heterocycles. The van der Waals surface area contributed by atoms with Crippen molar-refractivity contribution in [3.63, 3.8) is 0 Å². The second-order valence-electron chi connectivity index (χ2n) is 5.07. The van der Waals surface area contributed by atoms with Crippen molar-refractivity contribution < 1.29 is 8.42 Å². The number of likely N-dealkylation sites (N-methyl/N-ethyl adjacent to an activating group) is 1. The Morgan fingerprint density at radius 2 is 2.26 bits per heavy atom. The van der Waals surface area contributed by atoms with Crippen LogP contribution in [-0.4, -0.2) is 57.9 Å². The number of hydrogen-bond acceptors (Lipinski definition) is 5. The van der Waals surface area contributed by atoms with Gasteiger partial charge in [-0.05, 0) is 44.6 Å². The molecule has 5 nitrogen and oxygen atoms in total. The van der Waals surface area contributed by atoms with Crippen LogP contribution in [0, 0.1) is 0 Å². The van der Waals surface area contributed by atoms with E-state index in [2.05, 4.69) is 10.2 Å². The van der Waals surface area contributed by atoms with Crippen molar-refractivity contribution in [1.82, 2.24) is 14.5 Å². The van der Waals surface area contributed by atoms with Crippen LogP contribution in [0.25, 0.3) is 0 Å². The maximum absolute atomic E-state index is 12.5. The fraction of sp³-hybridized carbons (Fsp3) is 0.667. The van der Waals surface area contributed by atoms with Gasteiger partial charge in [-0.25, -0.2) is 8.42 Å². The molecule has 0 bridgehead atoms. The third-order valence-electron chi connectivity index (χ3n) is 3.46. The molecule has 1 aliphatic heterocycles. The molecule has 1 fully saturated rings. The van der Waals surface area contributed by atoms with Gasteiger partial charge < -0.3 is 10.2 Å². The Morgan fingerprint density at radius 1 is 1.53 bits per heavy atom. The molecule has 2 rings (SSSR count). The molecule has 1 N–H and O–H groups in total. The van der Waals surface area contributed by atoms with E-state index < -0.39 is 10.0 Å². The molecule has 0 saturated carbocycles. The van der Waals surface area contributed by atoms with Gasteiger partial charge in [-0.1, -0.05) is 0 Å². The van der Waals surface area contributed by atoms with Crippen LogP contribution in [0.2, 0.25) is 0 Å². The lowest BCUT2D eigenvalue weighted by Gasteiger charge is -2.19. The van der Waals surface area contributed by atoms with Crippen molar-refractivity contribution in [2.75, 3.05) is 34.2 Å². The van der Waals surface area contributed by atoms with Gasteiger partial charge in [-0.15, -0.1) is 11.3 Å². The maximum Gasteiger partial charge on any atom is 0.252 e. The van der Waals surface area contributed by atoms with Gasteiger partial charge in [0.1, 0.15) is 4.21 Å². The molecule has 108 valence electrons. The van der Waals surface area contributed by atoms with Crippen molar-refractivity contribution in [3.05, 3.63) is 17.0 Å². The fourth-order valence-corrected chi connectivity index (χ4v) is 5.12. The summed E-state index contributed by atoms with van der Waals surface area (Å²) in [5.41, 5.74) is 1.02. The molecule has 0 amide bonds. The largest absolute Gasteiger partial charge is 0.316 e. The van der Waals surface area contributed by atoms with E-state index in [0.29, 0.717) is 29.9 Å². The predicted molar refractivity (Wildman–Crippen MR) is 77.9 cm³/mol. The van der Waals surface area contributed by atoms with Crippen LogP contribution >= 0.6 is 11.3 Å². The van der Waals surface area contributed by atoms with Crippen LogP contribution in [0.3, 0.4) is 0 Å². The molecule has 0 spiro atoms. The quantitative estimate of drug-likeness (QED) is 0.874. The lowest BCUT2D eigenvalue weighted by atomic mass is 10.2. The third kappa shape index (κ3) is 3.17. The molecule has 1 aliphatic rings. The molecule has 0 radical (unpaired) electrons. The minimum atomic E-state index is -3.31. The average molecular weight is 303 g/mol. The molecule has 1 atom stereocenters. The number of nitrogens with zero attached hydrogens (tertiary/aromatic N) is 2. The first kappa shape index (κ1) is 14.9. The number of thiophene rings is 1. The normalized spacial score (nSPS) is 21.4. The Morgan fingerprint density at radius 3 is 2.84 bits per heavy atom. The monoisotopic (exact) mass is 303 g/mol. The number of sulfonamides is 1. The predicted octanol–water partition coefficient (Wildman–Crippen LogP) is 0.792. The van der Waals surface area contributed by atoms with Crippen LogP contribution in [0.5, 0.6) is 0 Å². The van der Waals surface area contributed by atoms with Crippen molar-refractivity contribution in [3.8, 4) is 0 Å². The molecular weight excluding hydrogens is 282 g/mol. The van der Waals surface area contributed by atoms with Crippen LogP contribution in [0.15, 0.2) is 15.7 Å². The Kier molecular flexibility index (Phi) is 4.62. The number of rotatable bonds is 5. The maximum atomic E-state index is 12.5. The molecule has 2 heterocycles. The molecule has 0 aliphatic carbocycles. The van der Waals surface area contributed by atoms with E-state index in [-0.39, 0.29) is 0 Å². The van der Waals surface area contributed by atoms with Crippen LogP contribution in [-0.2, 0) is 16.6 Å². The number of nitrogens with one attached hydrogen (secondary N) is 1. The second kappa shape index (κ2) is 5.88. The highest BCUT2D eigenvalue weighted by Gasteiger charge is 2.34. The Labute approximate surface area is 119 Å². The summed E-state index contributed by atoms with van der Waals surface area (Å²) in [6.45, 7) is 1.91. The molecule has 1 unspecified atom stereocenters. The summed E-state index contributed by atoms with van der Waals surface area (Å²) in [5, 5.41) is 4.94. The van der Waals surface area contributed by atoms with Gasteiger partial charge >= 0.3 is 0 Å². The zero-order chi connectivity index (χ0) is 14.0. The highest BCUT2D eigenvalue weighted by molar-refractivity contribution is 7.91. The van der Waals surface area contributed by atoms with Gasteiger partial charge in [-0.3, -0.25) is 0 Å². The van der Waals surface area contributed by atoms with E-state index in [1.165, 1.54) is 11.3 Å². The van der Waals surface area contributed by atoms with Gasteiger partial charge in [0.05, 0.1) is 0 Å². The molecule has 1 aromatic rings. The first-order valence-electron chi connectivity index (χ1n) is 6.33. The summed E-state index contributed by atoms with van der Waals surface area (Å²) in [7, 11) is 2.54. The topological polar surface area (TPSA) is 52.7 Å². The minimum absolute atomic E-state index is 0.325. The van der Waals surface area contributed by atoms with E-state index in [0.717, 1.165) is 12.0 Å². The van der Waals surface area contributed by atoms with E-state index >= 15 is 0 Å². The summed E-state index contributed by atoms with van der Waals surface area (Å²) in [6.07, 6.45) is 0.904. The van der Waals surface area contributed by atoms with E-state index in [4.69, 9.17) is 0 Å². The van der Waals surface area contributed by atoms with E-state index in [9.17, 15) is 8.42 Å². The Hall–Kier alpha value is -0.470. The van der Waals surface area contributed by atoms with Crippen LogP contribution < -0.4 is 5.32 Å². The number of hydrogen-bond donors (Lipinski definition) is 1. The molecule has 1 saturated heterocycles. The third-order valence-corrected chi connectivity index (χ3v) is 6.79. The highest BCUT2D eigenvalue weighted by atomic mass is 32.2. The zero-order valence-electron chi connectivity index (χ0n) is 11.6. The summed E-state index contributed by atoms with van der Waals surface area (Å²) in [4.78, 5) is 2.09. The molecule has 7 heteroatoms. The smallest absolute Gasteiger partial charge is 0.252 e. The lowest BCUT2D eigenvalue weighted by Crippen LogP contribution is -2.34. The van der Waals surface area contributed by atoms with Crippen molar-refractivity contribution in [1.29, 1.82) is 0 Å². The average Bonchev–Trinajstić information content (AvgIpc) is 2.98. The van der Waals surface area contributed by atoms with Crippen molar-refractivity contribution in [2.24, 2.45) is 0 Å². The molecule has 0 aromatic carbocycles. The minimum Gasteiger partial charge on any atom is -0.316 e. The van der Waals surface area contributed by atoms with Gasteiger partial charge in [0.2, 0.25) is 0 Å².